The van der Waals surface area contributed by atoms with Gasteiger partial charge in [-0.2, -0.15) is 0 Å². The van der Waals surface area contributed by atoms with Crippen LogP contribution >= 0.6 is 27.7 Å². The van der Waals surface area contributed by atoms with Crippen LogP contribution in [0.4, 0.5) is 0 Å². The molecule has 0 saturated heterocycles. The smallest absolute Gasteiger partial charge is 0.0592 e. The lowest BCUT2D eigenvalue weighted by molar-refractivity contribution is 1.42. The zero-order chi connectivity index (χ0) is 10.2. The summed E-state index contributed by atoms with van der Waals surface area (Å²) in [6, 6.07) is 8.26. The van der Waals surface area contributed by atoms with E-state index in [1.807, 2.05) is 12.1 Å². The topological polar surface area (TPSA) is 0 Å². The van der Waals surface area contributed by atoms with Crippen molar-refractivity contribution in [2.24, 2.45) is 0 Å². The van der Waals surface area contributed by atoms with Crippen molar-refractivity contribution in [2.75, 3.05) is 11.1 Å². The summed E-state index contributed by atoms with van der Waals surface area (Å²) in [5.74, 6) is 3.35. The van der Waals surface area contributed by atoms with Gasteiger partial charge >= 0.3 is 0 Å². The Balaban J connectivity index is 2.81. The van der Waals surface area contributed by atoms with Crippen molar-refractivity contribution >= 4 is 33.8 Å². The molecule has 0 unspecified atom stereocenters. The molecule has 0 amide bonds. The lowest BCUT2D eigenvalue weighted by Gasteiger charge is -2.02. The molecule has 0 heterocycles. The number of hydrogen-bond acceptors (Lipinski definition) is 1. The summed E-state index contributed by atoms with van der Waals surface area (Å²) in [5, 5.41) is 0.876. The number of rotatable bonds is 4. The summed E-state index contributed by atoms with van der Waals surface area (Å²) in [5.41, 5.74) is 1.23. The van der Waals surface area contributed by atoms with Crippen LogP contribution in [0.15, 0.2) is 35.2 Å². The fraction of sp³-hybridized carbons (Fsp3) is 0.167. The molecule has 0 nitrogen and oxygen atoms in total. The van der Waals surface area contributed by atoms with E-state index in [0.29, 0.717) is 0 Å². The number of allylic oxidation sites excluding steroid dienone is 1. The maximum atomic E-state index is 5.23. The molecule has 14 heavy (non-hydrogen) atoms. The number of terminal acetylenes is 1. The number of hydrogen-bond donors (Lipinski definition) is 0. The van der Waals surface area contributed by atoms with Crippen molar-refractivity contribution in [1.29, 1.82) is 0 Å². The molecule has 0 aliphatic rings. The van der Waals surface area contributed by atoms with Gasteiger partial charge in [0.1, 0.15) is 0 Å². The van der Waals surface area contributed by atoms with Crippen molar-refractivity contribution in [3.05, 3.63) is 35.9 Å². The molecule has 0 aliphatic heterocycles. The Kier molecular flexibility index (Phi) is 5.51. The Hall–Kier alpha value is -0.650. The molecule has 1 aromatic carbocycles. The van der Waals surface area contributed by atoms with Gasteiger partial charge < -0.3 is 0 Å². The number of benzene rings is 1. The lowest BCUT2D eigenvalue weighted by atomic mass is 10.2. The summed E-state index contributed by atoms with van der Waals surface area (Å²) >= 11 is 5.05. The summed E-state index contributed by atoms with van der Waals surface area (Å²) in [6.45, 7) is 0. The third-order valence-electron chi connectivity index (χ3n) is 1.62. The minimum atomic E-state index is 0.721. The summed E-state index contributed by atoms with van der Waals surface area (Å²) in [6.07, 6.45) is 9.41. The van der Waals surface area contributed by atoms with Crippen LogP contribution in [-0.4, -0.2) is 11.1 Å². The van der Waals surface area contributed by atoms with Crippen LogP contribution in [0.5, 0.6) is 0 Å². The highest BCUT2D eigenvalue weighted by atomic mass is 79.9. The van der Waals surface area contributed by atoms with E-state index >= 15 is 0 Å². The second kappa shape index (κ2) is 6.75. The van der Waals surface area contributed by atoms with Crippen LogP contribution in [-0.2, 0) is 0 Å². The molecular formula is C12H11BrS. The monoisotopic (exact) mass is 266 g/mol. The van der Waals surface area contributed by atoms with E-state index in [2.05, 4.69) is 46.1 Å². The van der Waals surface area contributed by atoms with Crippen LogP contribution in [0.25, 0.3) is 6.08 Å². The molecule has 0 aliphatic carbocycles. The normalized spacial score (nSPS) is 10.3. The van der Waals surface area contributed by atoms with Gasteiger partial charge in [0, 0.05) is 10.2 Å². The SMILES string of the molecule is C#CCSc1ccccc1C=CCBr. The van der Waals surface area contributed by atoms with E-state index < -0.39 is 0 Å². The molecule has 1 rings (SSSR count). The van der Waals surface area contributed by atoms with Crippen LogP contribution in [0.1, 0.15) is 5.56 Å². The summed E-state index contributed by atoms with van der Waals surface area (Å²) < 4.78 is 0. The second-order valence-electron chi connectivity index (χ2n) is 2.59. The Morgan fingerprint density at radius 2 is 2.21 bits per heavy atom. The minimum Gasteiger partial charge on any atom is -0.119 e. The molecular weight excluding hydrogens is 256 g/mol. The van der Waals surface area contributed by atoms with Gasteiger partial charge in [-0.15, -0.1) is 18.2 Å². The molecule has 0 N–H and O–H groups in total. The standard InChI is InChI=1S/C12H11BrS/c1-2-10-14-12-8-4-3-6-11(12)7-5-9-13/h1,3-8H,9-10H2. The molecule has 72 valence electrons. The van der Waals surface area contributed by atoms with Gasteiger partial charge in [0.05, 0.1) is 5.75 Å². The summed E-state index contributed by atoms with van der Waals surface area (Å²) in [4.78, 5) is 1.24. The Labute approximate surface area is 97.9 Å². The predicted molar refractivity (Wildman–Crippen MR) is 68.8 cm³/mol. The van der Waals surface area contributed by atoms with E-state index in [9.17, 15) is 0 Å². The van der Waals surface area contributed by atoms with Gasteiger partial charge in [-0.1, -0.05) is 52.2 Å². The van der Waals surface area contributed by atoms with Gasteiger partial charge in [0.2, 0.25) is 0 Å². The quantitative estimate of drug-likeness (QED) is 0.454. The van der Waals surface area contributed by atoms with Gasteiger partial charge in [0.15, 0.2) is 0 Å². The van der Waals surface area contributed by atoms with E-state index in [4.69, 9.17) is 6.42 Å². The van der Waals surface area contributed by atoms with Crippen molar-refractivity contribution in [3.63, 3.8) is 0 Å². The van der Waals surface area contributed by atoms with E-state index in [1.165, 1.54) is 10.5 Å². The van der Waals surface area contributed by atoms with Gasteiger partial charge in [-0.3, -0.25) is 0 Å². The fourth-order valence-corrected chi connectivity index (χ4v) is 1.94. The van der Waals surface area contributed by atoms with Crippen molar-refractivity contribution in [3.8, 4) is 12.3 Å². The predicted octanol–water partition coefficient (Wildman–Crippen LogP) is 3.82. The molecule has 0 atom stereocenters. The van der Waals surface area contributed by atoms with E-state index in [1.54, 1.807) is 11.8 Å². The Morgan fingerprint density at radius 3 is 2.93 bits per heavy atom. The van der Waals surface area contributed by atoms with Crippen LogP contribution in [0.2, 0.25) is 0 Å². The molecule has 0 fully saturated rings. The third-order valence-corrected chi connectivity index (χ3v) is 2.98. The van der Waals surface area contributed by atoms with Crippen molar-refractivity contribution < 1.29 is 0 Å². The first kappa shape index (κ1) is 11.4. The lowest BCUT2D eigenvalue weighted by Crippen LogP contribution is -1.80. The zero-order valence-corrected chi connectivity index (χ0v) is 10.1. The summed E-state index contributed by atoms with van der Waals surface area (Å²) in [7, 11) is 0. The first-order valence-electron chi connectivity index (χ1n) is 4.26. The van der Waals surface area contributed by atoms with Gasteiger partial charge in [-0.25, -0.2) is 0 Å². The minimum absolute atomic E-state index is 0.721. The Bertz CT molecular complexity index is 350. The number of alkyl halides is 1. The fourth-order valence-electron chi connectivity index (χ4n) is 1.04. The highest BCUT2D eigenvalue weighted by Gasteiger charge is 1.97. The average molecular weight is 267 g/mol. The average Bonchev–Trinajstić information content (AvgIpc) is 2.24. The number of halogens is 1. The Morgan fingerprint density at radius 1 is 1.43 bits per heavy atom. The number of thioether (sulfide) groups is 1. The van der Waals surface area contributed by atoms with Crippen LogP contribution in [0, 0.1) is 12.3 Å². The second-order valence-corrected chi connectivity index (χ2v) is 4.25. The highest BCUT2D eigenvalue weighted by Crippen LogP contribution is 2.23. The molecule has 0 radical (unpaired) electrons. The first-order valence-corrected chi connectivity index (χ1v) is 6.37. The van der Waals surface area contributed by atoms with E-state index in [0.717, 1.165) is 11.1 Å². The zero-order valence-electron chi connectivity index (χ0n) is 7.74. The maximum Gasteiger partial charge on any atom is 0.0592 e. The molecule has 0 saturated carbocycles. The van der Waals surface area contributed by atoms with Crippen molar-refractivity contribution in [1.82, 2.24) is 0 Å². The molecule has 1 aromatic rings. The molecule has 0 bridgehead atoms. The highest BCUT2D eigenvalue weighted by molar-refractivity contribution is 9.09. The van der Waals surface area contributed by atoms with Crippen molar-refractivity contribution in [2.45, 2.75) is 4.90 Å². The van der Waals surface area contributed by atoms with Gasteiger partial charge in [-0.05, 0) is 11.6 Å². The van der Waals surface area contributed by atoms with Crippen LogP contribution < -0.4 is 0 Å². The molecule has 0 spiro atoms. The van der Waals surface area contributed by atoms with Crippen LogP contribution in [0.3, 0.4) is 0 Å². The third kappa shape index (κ3) is 3.61. The van der Waals surface area contributed by atoms with E-state index in [-0.39, 0.29) is 0 Å². The molecule has 2 heteroatoms. The first-order chi connectivity index (χ1) is 6.88. The maximum absolute atomic E-state index is 5.23. The molecule has 0 aromatic heterocycles. The van der Waals surface area contributed by atoms with Gasteiger partial charge in [0.25, 0.3) is 0 Å². The largest absolute Gasteiger partial charge is 0.119 e.